The van der Waals surface area contributed by atoms with Crippen LogP contribution in [-0.2, 0) is 0 Å². The summed E-state index contributed by atoms with van der Waals surface area (Å²) in [5.74, 6) is -4.17. The Morgan fingerprint density at radius 3 is 2.33 bits per heavy atom. The molecule has 8 heteroatoms. The average Bonchev–Trinajstić information content (AvgIpc) is 3.18. The normalized spacial score (nSPS) is 14.4. The highest BCUT2D eigenvalue weighted by molar-refractivity contribution is 5.95. The van der Waals surface area contributed by atoms with E-state index in [1.807, 2.05) is 0 Å². The Morgan fingerprint density at radius 1 is 1.33 bits per heavy atom. The third-order valence-corrected chi connectivity index (χ3v) is 3.04. The van der Waals surface area contributed by atoms with Crippen molar-refractivity contribution in [3.63, 3.8) is 0 Å². The fourth-order valence-corrected chi connectivity index (χ4v) is 2.01. The molecule has 1 aliphatic rings. The second kappa shape index (κ2) is 6.30. The number of carbonyl (C=O) groups is 1. The SMILES string of the molecule is O=C(c1c(F)cc(OC(F)F)cc1F)N(CCO)C1CC1. The molecule has 21 heavy (non-hydrogen) atoms. The first-order valence-corrected chi connectivity index (χ1v) is 6.29. The van der Waals surface area contributed by atoms with Gasteiger partial charge in [0.2, 0.25) is 0 Å². The number of hydrogen-bond acceptors (Lipinski definition) is 3. The molecule has 1 aromatic rings. The summed E-state index contributed by atoms with van der Waals surface area (Å²) in [6.07, 6.45) is 1.39. The lowest BCUT2D eigenvalue weighted by atomic mass is 10.1. The van der Waals surface area contributed by atoms with E-state index in [9.17, 15) is 22.4 Å². The standard InChI is InChI=1S/C13H13F4NO3/c14-9-5-8(21-13(16)17)6-10(15)11(9)12(20)18(3-4-19)7-1-2-7/h5-7,13,19H,1-4H2. The van der Waals surface area contributed by atoms with Gasteiger partial charge in [-0.2, -0.15) is 8.78 Å². The van der Waals surface area contributed by atoms with Crippen molar-refractivity contribution in [2.45, 2.75) is 25.5 Å². The van der Waals surface area contributed by atoms with Crippen LogP contribution in [0.4, 0.5) is 17.6 Å². The van der Waals surface area contributed by atoms with Gasteiger partial charge < -0.3 is 14.7 Å². The lowest BCUT2D eigenvalue weighted by molar-refractivity contribution is -0.0501. The molecule has 2 rings (SSSR count). The number of aliphatic hydroxyl groups excluding tert-OH is 1. The van der Waals surface area contributed by atoms with Gasteiger partial charge in [0.1, 0.15) is 22.9 Å². The number of halogens is 4. The second-order valence-electron chi connectivity index (χ2n) is 4.59. The highest BCUT2D eigenvalue weighted by Gasteiger charge is 2.35. The summed E-state index contributed by atoms with van der Waals surface area (Å²) >= 11 is 0. The third kappa shape index (κ3) is 3.63. The molecule has 1 aromatic carbocycles. The van der Waals surface area contributed by atoms with Crippen LogP contribution in [-0.4, -0.2) is 41.7 Å². The Morgan fingerprint density at radius 2 is 1.90 bits per heavy atom. The van der Waals surface area contributed by atoms with E-state index in [0.29, 0.717) is 25.0 Å². The van der Waals surface area contributed by atoms with Gasteiger partial charge in [0.05, 0.1) is 6.61 Å². The Balaban J connectivity index is 2.27. The molecule has 0 aliphatic heterocycles. The molecule has 1 N–H and O–H groups in total. The van der Waals surface area contributed by atoms with Crippen molar-refractivity contribution < 1.29 is 32.2 Å². The van der Waals surface area contributed by atoms with Crippen LogP contribution in [0.3, 0.4) is 0 Å². The predicted molar refractivity (Wildman–Crippen MR) is 64.1 cm³/mol. The predicted octanol–water partition coefficient (Wildman–Crippen LogP) is 2.16. The van der Waals surface area contributed by atoms with E-state index in [1.165, 1.54) is 4.90 Å². The molecule has 1 saturated carbocycles. The van der Waals surface area contributed by atoms with E-state index in [1.54, 1.807) is 0 Å². The summed E-state index contributed by atoms with van der Waals surface area (Å²) in [6.45, 7) is -3.60. The van der Waals surface area contributed by atoms with Gasteiger partial charge >= 0.3 is 6.61 Å². The minimum atomic E-state index is -3.22. The molecule has 0 radical (unpaired) electrons. The number of carbonyl (C=O) groups excluding carboxylic acids is 1. The minimum Gasteiger partial charge on any atom is -0.435 e. The third-order valence-electron chi connectivity index (χ3n) is 3.04. The Labute approximate surface area is 117 Å². The maximum absolute atomic E-state index is 13.8. The van der Waals surface area contributed by atoms with Crippen molar-refractivity contribution >= 4 is 5.91 Å². The second-order valence-corrected chi connectivity index (χ2v) is 4.59. The van der Waals surface area contributed by atoms with Crippen molar-refractivity contribution in [2.75, 3.05) is 13.2 Å². The van der Waals surface area contributed by atoms with Crippen molar-refractivity contribution in [3.8, 4) is 5.75 Å². The van der Waals surface area contributed by atoms with Gasteiger partial charge in [0.15, 0.2) is 0 Å². The van der Waals surface area contributed by atoms with Gasteiger partial charge in [-0.05, 0) is 12.8 Å². The number of rotatable bonds is 6. The van der Waals surface area contributed by atoms with Gasteiger partial charge in [-0.15, -0.1) is 0 Å². The van der Waals surface area contributed by atoms with Crippen LogP contribution in [0.15, 0.2) is 12.1 Å². The van der Waals surface area contributed by atoms with E-state index < -0.39 is 35.5 Å². The molecule has 0 atom stereocenters. The zero-order valence-corrected chi connectivity index (χ0v) is 10.9. The van der Waals surface area contributed by atoms with Crippen LogP contribution >= 0.6 is 0 Å². The smallest absolute Gasteiger partial charge is 0.387 e. The van der Waals surface area contributed by atoms with Crippen LogP contribution in [0.25, 0.3) is 0 Å². The largest absolute Gasteiger partial charge is 0.435 e. The molecule has 0 aromatic heterocycles. The molecule has 0 saturated heterocycles. The Hall–Kier alpha value is -1.83. The van der Waals surface area contributed by atoms with Gasteiger partial charge in [-0.3, -0.25) is 4.79 Å². The van der Waals surface area contributed by atoms with Crippen molar-refractivity contribution in [1.29, 1.82) is 0 Å². The number of ether oxygens (including phenoxy) is 1. The summed E-state index contributed by atoms with van der Waals surface area (Å²) < 4.78 is 55.6. The molecule has 1 fully saturated rings. The van der Waals surface area contributed by atoms with E-state index in [2.05, 4.69) is 4.74 Å². The molecule has 0 bridgehead atoms. The first kappa shape index (κ1) is 15.6. The lowest BCUT2D eigenvalue weighted by Crippen LogP contribution is -2.36. The molecule has 1 aliphatic carbocycles. The number of alkyl halides is 2. The number of nitrogens with zero attached hydrogens (tertiary/aromatic N) is 1. The topological polar surface area (TPSA) is 49.8 Å². The van der Waals surface area contributed by atoms with Gasteiger partial charge in [0.25, 0.3) is 5.91 Å². The van der Waals surface area contributed by atoms with Gasteiger partial charge in [0, 0.05) is 24.7 Å². The van der Waals surface area contributed by atoms with Crippen molar-refractivity contribution in [2.24, 2.45) is 0 Å². The lowest BCUT2D eigenvalue weighted by Gasteiger charge is -2.22. The summed E-state index contributed by atoms with van der Waals surface area (Å²) in [5, 5.41) is 8.91. The van der Waals surface area contributed by atoms with Gasteiger partial charge in [-0.25, -0.2) is 8.78 Å². The Kier molecular flexibility index (Phi) is 4.66. The summed E-state index contributed by atoms with van der Waals surface area (Å²) in [5.41, 5.74) is -0.836. The molecular weight excluding hydrogens is 294 g/mol. The first-order chi connectivity index (χ1) is 9.93. The average molecular weight is 307 g/mol. The van der Waals surface area contributed by atoms with Gasteiger partial charge in [-0.1, -0.05) is 0 Å². The zero-order valence-electron chi connectivity index (χ0n) is 10.9. The molecular formula is C13H13F4NO3. The van der Waals surface area contributed by atoms with Crippen LogP contribution in [0, 0.1) is 11.6 Å². The number of aliphatic hydroxyl groups is 1. The fraction of sp³-hybridized carbons (Fsp3) is 0.462. The summed E-state index contributed by atoms with van der Waals surface area (Å²) in [6, 6.07) is 0.916. The zero-order chi connectivity index (χ0) is 15.6. The number of benzene rings is 1. The van der Waals surface area contributed by atoms with Crippen LogP contribution in [0.2, 0.25) is 0 Å². The van der Waals surface area contributed by atoms with Crippen molar-refractivity contribution in [3.05, 3.63) is 29.3 Å². The van der Waals surface area contributed by atoms with E-state index in [4.69, 9.17) is 5.11 Å². The first-order valence-electron chi connectivity index (χ1n) is 6.29. The quantitative estimate of drug-likeness (QED) is 0.819. The van der Waals surface area contributed by atoms with E-state index in [-0.39, 0.29) is 19.2 Å². The Bertz CT molecular complexity index is 511. The molecule has 0 heterocycles. The van der Waals surface area contributed by atoms with Crippen molar-refractivity contribution in [1.82, 2.24) is 4.90 Å². The molecule has 1 amide bonds. The van der Waals surface area contributed by atoms with E-state index >= 15 is 0 Å². The monoisotopic (exact) mass is 307 g/mol. The van der Waals surface area contributed by atoms with Crippen LogP contribution < -0.4 is 4.74 Å². The molecule has 0 unspecified atom stereocenters. The maximum Gasteiger partial charge on any atom is 0.387 e. The molecule has 116 valence electrons. The molecule has 0 spiro atoms. The van der Waals surface area contributed by atoms with Crippen LogP contribution in [0.5, 0.6) is 5.75 Å². The number of hydrogen-bond donors (Lipinski definition) is 1. The summed E-state index contributed by atoms with van der Waals surface area (Å²) in [7, 11) is 0. The molecule has 4 nitrogen and oxygen atoms in total. The van der Waals surface area contributed by atoms with Crippen LogP contribution in [0.1, 0.15) is 23.2 Å². The summed E-state index contributed by atoms with van der Waals surface area (Å²) in [4.78, 5) is 13.3. The number of amides is 1. The highest BCUT2D eigenvalue weighted by atomic mass is 19.3. The van der Waals surface area contributed by atoms with E-state index in [0.717, 1.165) is 0 Å². The fourth-order valence-electron chi connectivity index (χ4n) is 2.01. The highest BCUT2D eigenvalue weighted by Crippen LogP contribution is 2.30. The maximum atomic E-state index is 13.8. The minimum absolute atomic E-state index is 0.0440.